The van der Waals surface area contributed by atoms with Gasteiger partial charge in [-0.3, -0.25) is 9.59 Å². The van der Waals surface area contributed by atoms with E-state index in [2.05, 4.69) is 4.74 Å². The van der Waals surface area contributed by atoms with Crippen molar-refractivity contribution in [3.63, 3.8) is 0 Å². The summed E-state index contributed by atoms with van der Waals surface area (Å²) in [5, 5.41) is -2.09. The Labute approximate surface area is 146 Å². The Balaban J connectivity index is 3.34. The maximum Gasteiger partial charge on any atom is 0.443 e. The molecular weight excluding hydrogens is 365 g/mol. The van der Waals surface area contributed by atoms with Crippen molar-refractivity contribution in [3.8, 4) is 17.2 Å². The molecule has 0 aliphatic carbocycles. The Morgan fingerprint density at radius 2 is 1.60 bits per heavy atom. The van der Waals surface area contributed by atoms with Crippen molar-refractivity contribution < 1.29 is 41.7 Å². The van der Waals surface area contributed by atoms with Crippen LogP contribution in [0.15, 0.2) is 12.1 Å². The molecule has 0 fully saturated rings. The summed E-state index contributed by atoms with van der Waals surface area (Å²) >= 11 is -0.747. The molecule has 0 spiro atoms. The number of rotatable bonds is 8. The van der Waals surface area contributed by atoms with E-state index in [1.165, 1.54) is 40.4 Å². The zero-order chi connectivity index (χ0) is 19.2. The number of halogens is 3. The number of ketones is 1. The molecule has 0 amide bonds. The molecule has 6 nitrogen and oxygen atoms in total. The van der Waals surface area contributed by atoms with E-state index in [1.54, 1.807) is 0 Å². The van der Waals surface area contributed by atoms with E-state index in [1.807, 2.05) is 0 Å². The summed E-state index contributed by atoms with van der Waals surface area (Å²) in [4.78, 5) is 24.3. The van der Waals surface area contributed by atoms with Crippen LogP contribution in [-0.4, -0.2) is 50.4 Å². The van der Waals surface area contributed by atoms with Crippen molar-refractivity contribution in [2.75, 3.05) is 27.9 Å². The van der Waals surface area contributed by atoms with E-state index < -0.39 is 34.3 Å². The summed E-state index contributed by atoms with van der Waals surface area (Å²) in [5.74, 6) is -2.05. The first-order chi connectivity index (χ1) is 11.7. The molecule has 25 heavy (non-hydrogen) atoms. The topological polar surface area (TPSA) is 71.1 Å². The van der Waals surface area contributed by atoms with Crippen LogP contribution in [0.25, 0.3) is 0 Å². The minimum atomic E-state index is -4.80. The van der Waals surface area contributed by atoms with E-state index in [0.717, 1.165) is 0 Å². The molecule has 10 heteroatoms. The fourth-order valence-corrected chi connectivity index (χ4v) is 2.61. The highest BCUT2D eigenvalue weighted by Crippen LogP contribution is 2.40. The Kier molecular flexibility index (Phi) is 7.40. The average molecular weight is 382 g/mol. The maximum atomic E-state index is 12.7. The zero-order valence-corrected chi connectivity index (χ0v) is 14.7. The molecule has 0 N–H and O–H groups in total. The summed E-state index contributed by atoms with van der Waals surface area (Å²) in [6, 6.07) is 2.35. The molecule has 0 aliphatic heterocycles. The van der Waals surface area contributed by atoms with Crippen LogP contribution < -0.4 is 14.2 Å². The second kappa shape index (κ2) is 8.84. The third-order valence-electron chi connectivity index (χ3n) is 2.94. The van der Waals surface area contributed by atoms with Gasteiger partial charge in [-0.1, -0.05) is 0 Å². The predicted octanol–water partition coefficient (Wildman–Crippen LogP) is 3.08. The highest BCUT2D eigenvalue weighted by molar-refractivity contribution is 8.02. The number of esters is 1. The highest BCUT2D eigenvalue weighted by Gasteiger charge is 2.42. The number of carbonyl (C=O) groups excluding carboxylic acids is 2. The van der Waals surface area contributed by atoms with E-state index in [4.69, 9.17) is 14.2 Å². The van der Waals surface area contributed by atoms with Crippen molar-refractivity contribution in [2.45, 2.75) is 17.7 Å². The highest BCUT2D eigenvalue weighted by atomic mass is 32.2. The second-order valence-electron chi connectivity index (χ2n) is 4.47. The van der Waals surface area contributed by atoms with Crippen LogP contribution in [-0.2, 0) is 9.53 Å². The summed E-state index contributed by atoms with van der Waals surface area (Å²) < 4.78 is 58.0. The smallest absolute Gasteiger partial charge is 0.443 e. The molecule has 0 radical (unpaired) electrons. The van der Waals surface area contributed by atoms with Crippen LogP contribution in [0.5, 0.6) is 17.2 Å². The monoisotopic (exact) mass is 382 g/mol. The summed E-state index contributed by atoms with van der Waals surface area (Å²) in [6.07, 6.45) is 0. The molecule has 1 unspecified atom stereocenters. The molecule has 1 aromatic rings. The van der Waals surface area contributed by atoms with Gasteiger partial charge in [-0.2, -0.15) is 13.2 Å². The first-order valence-corrected chi connectivity index (χ1v) is 7.81. The first kappa shape index (κ1) is 20.9. The standard InChI is InChI=1S/C15H17F3O6S/c1-5-24-14(20)13(25-15(16,17)18)11(19)8-6-9(21-2)12(23-4)10(7-8)22-3/h6-7,13H,5H2,1-4H3. The van der Waals surface area contributed by atoms with Gasteiger partial charge in [0.05, 0.1) is 27.9 Å². The van der Waals surface area contributed by atoms with Gasteiger partial charge in [-0.05, 0) is 30.8 Å². The minimum Gasteiger partial charge on any atom is -0.493 e. The SMILES string of the molecule is CCOC(=O)C(SC(F)(F)F)C(=O)c1cc(OC)c(OC)c(OC)c1. The van der Waals surface area contributed by atoms with Gasteiger partial charge in [-0.15, -0.1) is 0 Å². The Morgan fingerprint density at radius 3 is 1.96 bits per heavy atom. The molecule has 0 aliphatic rings. The van der Waals surface area contributed by atoms with Crippen LogP contribution in [0.3, 0.4) is 0 Å². The van der Waals surface area contributed by atoms with Gasteiger partial charge in [0, 0.05) is 5.56 Å². The lowest BCUT2D eigenvalue weighted by atomic mass is 10.1. The van der Waals surface area contributed by atoms with E-state index >= 15 is 0 Å². The Hall–Kier alpha value is -2.10. The number of ether oxygens (including phenoxy) is 4. The molecule has 0 saturated carbocycles. The molecule has 0 bridgehead atoms. The maximum absolute atomic E-state index is 12.7. The quantitative estimate of drug-likeness (QED) is 0.389. The summed E-state index contributed by atoms with van der Waals surface area (Å²) in [7, 11) is 3.92. The molecule has 1 atom stereocenters. The van der Waals surface area contributed by atoms with Crippen LogP contribution in [0.1, 0.15) is 17.3 Å². The van der Waals surface area contributed by atoms with Gasteiger partial charge in [0.1, 0.15) is 0 Å². The minimum absolute atomic E-state index is 0.0739. The predicted molar refractivity (Wildman–Crippen MR) is 84.5 cm³/mol. The van der Waals surface area contributed by atoms with Crippen molar-refractivity contribution in [2.24, 2.45) is 0 Å². The number of benzene rings is 1. The zero-order valence-electron chi connectivity index (χ0n) is 13.9. The lowest BCUT2D eigenvalue weighted by Gasteiger charge is -2.18. The van der Waals surface area contributed by atoms with Crippen LogP contribution >= 0.6 is 11.8 Å². The molecular formula is C15H17F3O6S. The fraction of sp³-hybridized carbons (Fsp3) is 0.467. The Bertz CT molecular complexity index is 607. The fourth-order valence-electron chi connectivity index (χ4n) is 1.93. The third kappa shape index (κ3) is 5.45. The number of carbonyl (C=O) groups is 2. The van der Waals surface area contributed by atoms with E-state index in [9.17, 15) is 22.8 Å². The van der Waals surface area contributed by atoms with E-state index in [-0.39, 0.29) is 29.4 Å². The molecule has 0 heterocycles. The van der Waals surface area contributed by atoms with Gasteiger partial charge in [0.25, 0.3) is 0 Å². The normalized spacial score (nSPS) is 12.3. The molecule has 1 rings (SSSR count). The average Bonchev–Trinajstić information content (AvgIpc) is 2.56. The molecule has 1 aromatic carbocycles. The van der Waals surface area contributed by atoms with Gasteiger partial charge in [-0.25, -0.2) is 0 Å². The number of alkyl halides is 3. The van der Waals surface area contributed by atoms with Gasteiger partial charge in [0.2, 0.25) is 5.75 Å². The van der Waals surface area contributed by atoms with Gasteiger partial charge >= 0.3 is 11.5 Å². The van der Waals surface area contributed by atoms with Crippen molar-refractivity contribution in [1.82, 2.24) is 0 Å². The lowest BCUT2D eigenvalue weighted by molar-refractivity contribution is -0.141. The number of hydrogen-bond acceptors (Lipinski definition) is 7. The number of methoxy groups -OCH3 is 3. The number of thioether (sulfide) groups is 1. The van der Waals surface area contributed by atoms with Gasteiger partial charge < -0.3 is 18.9 Å². The van der Waals surface area contributed by atoms with Crippen LogP contribution in [0.2, 0.25) is 0 Å². The third-order valence-corrected chi connectivity index (χ3v) is 3.85. The molecule has 140 valence electrons. The van der Waals surface area contributed by atoms with Crippen LogP contribution in [0.4, 0.5) is 13.2 Å². The van der Waals surface area contributed by atoms with Crippen molar-refractivity contribution in [3.05, 3.63) is 17.7 Å². The first-order valence-electron chi connectivity index (χ1n) is 6.93. The Morgan fingerprint density at radius 1 is 1.08 bits per heavy atom. The van der Waals surface area contributed by atoms with Crippen molar-refractivity contribution >= 4 is 23.5 Å². The largest absolute Gasteiger partial charge is 0.493 e. The lowest BCUT2D eigenvalue weighted by Crippen LogP contribution is -2.32. The molecule has 0 saturated heterocycles. The number of Topliss-reactive ketones (excluding diaryl/α,β-unsaturated/α-hetero) is 1. The second-order valence-corrected chi connectivity index (χ2v) is 5.64. The van der Waals surface area contributed by atoms with E-state index in [0.29, 0.717) is 0 Å². The summed E-state index contributed by atoms with van der Waals surface area (Å²) in [6.45, 7) is 1.27. The molecule has 0 aromatic heterocycles. The number of hydrogen-bond donors (Lipinski definition) is 0. The summed E-state index contributed by atoms with van der Waals surface area (Å²) in [5.41, 5.74) is -5.00. The van der Waals surface area contributed by atoms with Crippen molar-refractivity contribution in [1.29, 1.82) is 0 Å². The van der Waals surface area contributed by atoms with Gasteiger partial charge in [0.15, 0.2) is 22.5 Å². The van der Waals surface area contributed by atoms with Crippen LogP contribution in [0, 0.1) is 0 Å².